The fourth-order valence-corrected chi connectivity index (χ4v) is 6.33. The van der Waals surface area contributed by atoms with Crippen LogP contribution in [0.4, 0.5) is 20.6 Å². The molecule has 228 valence electrons. The van der Waals surface area contributed by atoms with Crippen LogP contribution in [0.15, 0.2) is 102 Å². The molecular formula is C33H29FN6O4S. The van der Waals surface area contributed by atoms with Gasteiger partial charge in [0, 0.05) is 24.6 Å². The summed E-state index contributed by atoms with van der Waals surface area (Å²) in [6.45, 7) is 0.731. The number of benzene rings is 3. The maximum atomic E-state index is 13.9. The molecule has 1 N–H and O–H groups in total. The lowest BCUT2D eigenvalue weighted by atomic mass is 10.1. The third kappa shape index (κ3) is 7.18. The summed E-state index contributed by atoms with van der Waals surface area (Å²) >= 11 is 1.26. The normalized spacial score (nSPS) is 18.8. The number of carbonyl (C=O) groups excluding carboxylic acids is 3. The van der Waals surface area contributed by atoms with E-state index in [2.05, 4.69) is 20.3 Å². The van der Waals surface area contributed by atoms with Crippen LogP contribution in [0.1, 0.15) is 34.9 Å². The molecule has 0 aliphatic carbocycles. The molecule has 2 fully saturated rings. The Morgan fingerprint density at radius 2 is 1.87 bits per heavy atom. The first-order chi connectivity index (χ1) is 21.9. The first-order valence-electron chi connectivity index (χ1n) is 14.4. The number of likely N-dealkylation sites (tertiary alicyclic amines) is 1. The molecule has 3 amide bonds. The van der Waals surface area contributed by atoms with Crippen LogP contribution >= 0.6 is 11.8 Å². The zero-order chi connectivity index (χ0) is 31.2. The van der Waals surface area contributed by atoms with Crippen molar-refractivity contribution in [3.8, 4) is 0 Å². The number of carbonyl (C=O) groups is 3. The van der Waals surface area contributed by atoms with Crippen molar-refractivity contribution >= 4 is 46.2 Å². The minimum Gasteiger partial charge on any atom is -0.445 e. The Balaban J connectivity index is 1.13. The van der Waals surface area contributed by atoms with E-state index in [-0.39, 0.29) is 25.0 Å². The summed E-state index contributed by atoms with van der Waals surface area (Å²) in [5.41, 5.74) is 3.09. The quantitative estimate of drug-likeness (QED) is 0.261. The number of amides is 3. The second-order valence-corrected chi connectivity index (χ2v) is 11.6. The monoisotopic (exact) mass is 624 g/mol. The van der Waals surface area contributed by atoms with E-state index in [1.54, 1.807) is 55.0 Å². The lowest BCUT2D eigenvalue weighted by Crippen LogP contribution is -2.43. The minimum atomic E-state index is -0.642. The molecule has 12 heteroatoms. The van der Waals surface area contributed by atoms with E-state index in [9.17, 15) is 18.8 Å². The number of amidine groups is 1. The molecule has 0 saturated carbocycles. The third-order valence-corrected chi connectivity index (χ3v) is 8.62. The molecule has 3 heterocycles. The van der Waals surface area contributed by atoms with Crippen LogP contribution in [0.25, 0.3) is 0 Å². The van der Waals surface area contributed by atoms with Crippen molar-refractivity contribution < 1.29 is 23.5 Å². The zero-order valence-electron chi connectivity index (χ0n) is 24.1. The van der Waals surface area contributed by atoms with Gasteiger partial charge in [-0.2, -0.15) is 0 Å². The Morgan fingerprint density at radius 3 is 2.62 bits per heavy atom. The summed E-state index contributed by atoms with van der Waals surface area (Å²) in [5.74, 6) is -0.929. The maximum Gasteiger partial charge on any atom is 0.410 e. The van der Waals surface area contributed by atoms with Gasteiger partial charge in [0.1, 0.15) is 23.7 Å². The van der Waals surface area contributed by atoms with Gasteiger partial charge in [0.2, 0.25) is 11.8 Å². The highest BCUT2D eigenvalue weighted by Gasteiger charge is 2.39. The molecule has 0 spiro atoms. The van der Waals surface area contributed by atoms with Gasteiger partial charge in [-0.25, -0.2) is 14.2 Å². The first kappa shape index (κ1) is 29.9. The number of nitrogens with one attached hydrogen (secondary N) is 1. The van der Waals surface area contributed by atoms with Gasteiger partial charge in [-0.3, -0.25) is 29.4 Å². The summed E-state index contributed by atoms with van der Waals surface area (Å²) in [6, 6.07) is 21.6. The number of aliphatic imine (C=N–C) groups is 1. The second kappa shape index (κ2) is 13.7. The van der Waals surface area contributed by atoms with Gasteiger partial charge in [0.25, 0.3) is 0 Å². The van der Waals surface area contributed by atoms with Crippen molar-refractivity contribution in [3.63, 3.8) is 0 Å². The number of hydrogen-bond acceptors (Lipinski definition) is 8. The highest BCUT2D eigenvalue weighted by atomic mass is 32.2. The van der Waals surface area contributed by atoms with Crippen LogP contribution in [0.5, 0.6) is 0 Å². The van der Waals surface area contributed by atoms with Gasteiger partial charge in [-0.15, -0.1) is 0 Å². The van der Waals surface area contributed by atoms with Gasteiger partial charge < -0.3 is 10.1 Å². The van der Waals surface area contributed by atoms with Crippen LogP contribution in [0.3, 0.4) is 0 Å². The molecule has 0 radical (unpaired) electrons. The van der Waals surface area contributed by atoms with Crippen LogP contribution < -0.4 is 5.32 Å². The van der Waals surface area contributed by atoms with Gasteiger partial charge in [0.05, 0.1) is 24.1 Å². The molecule has 2 saturated heterocycles. The van der Waals surface area contributed by atoms with Crippen molar-refractivity contribution in [2.24, 2.45) is 4.99 Å². The highest BCUT2D eigenvalue weighted by molar-refractivity contribution is 8.15. The van der Waals surface area contributed by atoms with Gasteiger partial charge >= 0.3 is 6.09 Å². The fraction of sp³-hybridized carbons (Fsp3) is 0.212. The highest BCUT2D eigenvalue weighted by Crippen LogP contribution is 2.41. The third-order valence-electron chi connectivity index (χ3n) is 7.39. The number of ether oxygens (including phenoxy) is 1. The Hall–Kier alpha value is -5.10. The number of nitrogens with zero attached hydrogens (tertiary/aromatic N) is 5. The molecule has 4 aromatic rings. The molecule has 10 nitrogen and oxygen atoms in total. The number of aromatic nitrogens is 2. The van der Waals surface area contributed by atoms with Gasteiger partial charge in [-0.05, 0) is 54.3 Å². The molecule has 2 aliphatic rings. The second-order valence-electron chi connectivity index (χ2n) is 10.5. The molecule has 6 rings (SSSR count). The van der Waals surface area contributed by atoms with Gasteiger partial charge in [-0.1, -0.05) is 60.3 Å². The minimum absolute atomic E-state index is 0.134. The molecular weight excluding hydrogens is 595 g/mol. The van der Waals surface area contributed by atoms with E-state index >= 15 is 0 Å². The van der Waals surface area contributed by atoms with Crippen molar-refractivity contribution in [1.29, 1.82) is 0 Å². The van der Waals surface area contributed by atoms with Crippen molar-refractivity contribution in [3.05, 3.63) is 120 Å². The van der Waals surface area contributed by atoms with Crippen LogP contribution in [-0.4, -0.2) is 55.4 Å². The topological polar surface area (TPSA) is 117 Å². The molecule has 3 aromatic carbocycles. The molecule has 1 aromatic heterocycles. The predicted octanol–water partition coefficient (Wildman–Crippen LogP) is 5.86. The average molecular weight is 625 g/mol. The van der Waals surface area contributed by atoms with Crippen LogP contribution in [-0.2, 0) is 27.5 Å². The van der Waals surface area contributed by atoms with E-state index in [1.807, 2.05) is 30.3 Å². The van der Waals surface area contributed by atoms with Crippen LogP contribution in [0, 0.1) is 5.82 Å². The average Bonchev–Trinajstić information content (AvgIpc) is 3.67. The van der Waals surface area contributed by atoms with Crippen molar-refractivity contribution in [2.75, 3.05) is 11.9 Å². The SMILES string of the molecule is O=C(Nc1ccc(C2SC(=Nc3cccc(F)c3)N(Cc3cnccn3)C2=O)cc1)[C@@H]1CCCN1C(=O)OCc1ccccc1. The van der Waals surface area contributed by atoms with E-state index < -0.39 is 23.2 Å². The molecule has 1 unspecified atom stereocenters. The summed E-state index contributed by atoms with van der Waals surface area (Å²) in [6.07, 6.45) is 5.39. The molecule has 0 bridgehead atoms. The van der Waals surface area contributed by atoms with Crippen LogP contribution in [0.2, 0.25) is 0 Å². The Kier molecular flexibility index (Phi) is 9.11. The standard InChI is InChI=1S/C33H29FN6O4S/c34-24-8-4-9-26(18-24)38-32-40(20-27-19-35-15-16-36-27)31(42)29(45-32)23-11-13-25(14-12-23)37-30(41)28-10-5-17-39(28)33(43)44-21-22-6-2-1-3-7-22/h1-4,6-9,11-16,18-19,28-29H,5,10,17,20-21H2,(H,37,41)/t28-,29?/m0/s1. The lowest BCUT2D eigenvalue weighted by Gasteiger charge is -2.23. The smallest absolute Gasteiger partial charge is 0.410 e. The number of halogens is 1. The largest absolute Gasteiger partial charge is 0.445 e. The summed E-state index contributed by atoms with van der Waals surface area (Å²) < 4.78 is 19.3. The summed E-state index contributed by atoms with van der Waals surface area (Å²) in [7, 11) is 0. The van der Waals surface area contributed by atoms with Gasteiger partial charge in [0.15, 0.2) is 5.17 Å². The molecule has 45 heavy (non-hydrogen) atoms. The Morgan fingerprint density at radius 1 is 1.04 bits per heavy atom. The fourth-order valence-electron chi connectivity index (χ4n) is 5.15. The number of anilines is 1. The van der Waals surface area contributed by atoms with E-state index in [0.29, 0.717) is 47.2 Å². The molecule has 2 atom stereocenters. The molecule has 2 aliphatic heterocycles. The van der Waals surface area contributed by atoms with E-state index in [4.69, 9.17) is 4.74 Å². The number of hydrogen-bond donors (Lipinski definition) is 1. The number of rotatable bonds is 8. The Bertz CT molecular complexity index is 1710. The lowest BCUT2D eigenvalue weighted by molar-refractivity contribution is -0.126. The van der Waals surface area contributed by atoms with E-state index in [1.165, 1.54) is 33.7 Å². The van der Waals surface area contributed by atoms with Crippen molar-refractivity contribution in [2.45, 2.75) is 37.3 Å². The van der Waals surface area contributed by atoms with Crippen molar-refractivity contribution in [1.82, 2.24) is 19.8 Å². The zero-order valence-corrected chi connectivity index (χ0v) is 24.9. The summed E-state index contributed by atoms with van der Waals surface area (Å²) in [5, 5.41) is 2.70. The first-order valence-corrected chi connectivity index (χ1v) is 15.3. The summed E-state index contributed by atoms with van der Waals surface area (Å²) in [4.78, 5) is 55.5. The predicted molar refractivity (Wildman–Crippen MR) is 168 cm³/mol. The van der Waals surface area contributed by atoms with E-state index in [0.717, 1.165) is 5.56 Å². The maximum absolute atomic E-state index is 13.9. The number of thioether (sulfide) groups is 1. The Labute approximate surface area is 263 Å².